The van der Waals surface area contributed by atoms with Crippen LogP contribution in [0.2, 0.25) is 6.04 Å². The van der Waals surface area contributed by atoms with Crippen LogP contribution in [0.1, 0.15) is 34.6 Å². The molecule has 0 fully saturated rings. The first-order valence-corrected chi connectivity index (χ1v) is 15.8. The maximum absolute atomic E-state index is 4.70. The normalized spacial score (nSPS) is 12.1. The second-order valence-electron chi connectivity index (χ2n) is 9.72. The molecular weight excluding hydrogens is 487 g/mol. The highest BCUT2D eigenvalue weighted by atomic mass is 28.2. The summed E-state index contributed by atoms with van der Waals surface area (Å²) in [7, 11) is 1.95. The van der Waals surface area contributed by atoms with Crippen LogP contribution in [-0.2, 0) is 6.17 Å². The fourth-order valence-corrected chi connectivity index (χ4v) is 6.34. The van der Waals surface area contributed by atoms with Gasteiger partial charge in [-0.1, -0.05) is 151 Å². The molecule has 0 aliphatic heterocycles. The summed E-state index contributed by atoms with van der Waals surface area (Å²) in [6, 6.07) is 43.9. The van der Waals surface area contributed by atoms with E-state index in [2.05, 4.69) is 158 Å². The van der Waals surface area contributed by atoms with E-state index >= 15 is 0 Å². The van der Waals surface area contributed by atoms with Gasteiger partial charge in [0.05, 0.1) is 5.72 Å². The molecule has 4 aromatic carbocycles. The summed E-state index contributed by atoms with van der Waals surface area (Å²) in [4.78, 5) is 4.70. The molecule has 0 amide bonds. The minimum absolute atomic E-state index is 0.271. The fourth-order valence-electron chi connectivity index (χ4n) is 4.87. The lowest BCUT2D eigenvalue weighted by Crippen LogP contribution is -2.29. The molecular formula is C35H34BN2Si. The Hall–Kier alpha value is -4.15. The summed E-state index contributed by atoms with van der Waals surface area (Å²) in [6.45, 7) is 0. The van der Waals surface area contributed by atoms with Crippen LogP contribution < -0.4 is 5.72 Å². The second kappa shape index (κ2) is 14.1. The summed E-state index contributed by atoms with van der Waals surface area (Å²) in [5, 5.41) is 0. The highest BCUT2D eigenvalue weighted by Gasteiger charge is 2.12. The summed E-state index contributed by atoms with van der Waals surface area (Å²) in [5.74, 6) is 0.303. The van der Waals surface area contributed by atoms with Gasteiger partial charge < -0.3 is 4.57 Å². The third kappa shape index (κ3) is 7.68. The Morgan fingerprint density at radius 1 is 0.769 bits per heavy atom. The van der Waals surface area contributed by atoms with Gasteiger partial charge in [-0.25, -0.2) is 0 Å². The van der Waals surface area contributed by atoms with Crippen LogP contribution in [0, 0.1) is 0 Å². The molecule has 0 N–H and O–H groups in total. The zero-order chi connectivity index (χ0) is 26.5. The predicted molar refractivity (Wildman–Crippen MR) is 170 cm³/mol. The van der Waals surface area contributed by atoms with Gasteiger partial charge in [0.25, 0.3) is 0 Å². The van der Waals surface area contributed by atoms with Crippen molar-refractivity contribution in [3.63, 3.8) is 0 Å². The minimum Gasteiger partial charge on any atom is -0.347 e. The number of rotatable bonds is 12. The number of allylic oxidation sites excluding steroid dienone is 2. The van der Waals surface area contributed by atoms with Gasteiger partial charge in [0.2, 0.25) is 7.28 Å². The van der Waals surface area contributed by atoms with E-state index in [0.717, 1.165) is 18.3 Å². The van der Waals surface area contributed by atoms with Crippen molar-refractivity contribution in [1.29, 1.82) is 0 Å². The zero-order valence-electron chi connectivity index (χ0n) is 22.3. The monoisotopic (exact) mass is 521 g/mol. The number of hydrogen-bond donors (Lipinski definition) is 0. The van der Waals surface area contributed by atoms with E-state index in [1.54, 1.807) is 0 Å². The molecule has 5 aromatic rings. The third-order valence-electron chi connectivity index (χ3n) is 6.93. The van der Waals surface area contributed by atoms with Crippen LogP contribution in [-0.4, -0.2) is 26.4 Å². The summed E-state index contributed by atoms with van der Waals surface area (Å²) in [5.41, 5.74) is 7.27. The van der Waals surface area contributed by atoms with Crippen molar-refractivity contribution in [3.8, 4) is 0 Å². The van der Waals surface area contributed by atoms with Crippen molar-refractivity contribution in [2.24, 2.45) is 0 Å². The standard InChI is InChI=1S/C35H34BN2Si/c1-5-15-29(16-6-1)27-34(32-21-11-4-12-22-32)36-35-37-24-25-38(35)28-39-26-14-13-23-33(30-17-7-2-8-18-30)31-19-9-3-10-20-31/h1-13,15-25,27,33H,14,26,28,39H2. The molecule has 0 bridgehead atoms. The van der Waals surface area contributed by atoms with Crippen molar-refractivity contribution in [1.82, 2.24) is 9.55 Å². The Morgan fingerprint density at radius 3 is 2.00 bits per heavy atom. The fraction of sp³-hybridized carbons (Fsp3) is 0.114. The van der Waals surface area contributed by atoms with Gasteiger partial charge >= 0.3 is 0 Å². The Bertz CT molecular complexity index is 1420. The second-order valence-corrected chi connectivity index (χ2v) is 11.6. The number of benzene rings is 4. The van der Waals surface area contributed by atoms with E-state index in [-0.39, 0.29) is 9.52 Å². The molecule has 4 heteroatoms. The van der Waals surface area contributed by atoms with E-state index in [1.807, 2.05) is 6.20 Å². The van der Waals surface area contributed by atoms with Crippen LogP contribution in [0.3, 0.4) is 0 Å². The Morgan fingerprint density at radius 2 is 1.36 bits per heavy atom. The number of aromatic nitrogens is 2. The lowest BCUT2D eigenvalue weighted by Gasteiger charge is -2.14. The van der Waals surface area contributed by atoms with Gasteiger partial charge in [-0.15, -0.1) is 0 Å². The van der Waals surface area contributed by atoms with Gasteiger partial charge in [0.1, 0.15) is 0 Å². The van der Waals surface area contributed by atoms with Gasteiger partial charge in [-0.3, -0.25) is 4.98 Å². The lowest BCUT2D eigenvalue weighted by atomic mass is 9.65. The number of nitrogens with zero attached hydrogens (tertiary/aromatic N) is 2. The van der Waals surface area contributed by atoms with Gasteiger partial charge in [-0.2, -0.15) is 0 Å². The topological polar surface area (TPSA) is 17.8 Å². The summed E-state index contributed by atoms with van der Waals surface area (Å²) in [6.07, 6.45) is 13.3. The molecule has 1 radical (unpaired) electrons. The average molecular weight is 522 g/mol. The summed E-state index contributed by atoms with van der Waals surface area (Å²) < 4.78 is 2.33. The first kappa shape index (κ1) is 26.5. The van der Waals surface area contributed by atoms with Crippen molar-refractivity contribution in [2.75, 3.05) is 0 Å². The largest absolute Gasteiger partial charge is 0.347 e. The van der Waals surface area contributed by atoms with Crippen molar-refractivity contribution in [2.45, 2.75) is 24.6 Å². The van der Waals surface area contributed by atoms with Crippen LogP contribution in [0.4, 0.5) is 0 Å². The van der Waals surface area contributed by atoms with Crippen molar-refractivity contribution < 1.29 is 0 Å². The van der Waals surface area contributed by atoms with Gasteiger partial charge in [0.15, 0.2) is 0 Å². The van der Waals surface area contributed by atoms with Crippen molar-refractivity contribution >= 4 is 34.1 Å². The van der Waals surface area contributed by atoms with E-state index in [9.17, 15) is 0 Å². The quantitative estimate of drug-likeness (QED) is 0.0770. The highest BCUT2D eigenvalue weighted by molar-refractivity contribution is 6.73. The van der Waals surface area contributed by atoms with E-state index < -0.39 is 0 Å². The van der Waals surface area contributed by atoms with E-state index in [0.29, 0.717) is 5.92 Å². The molecule has 0 aliphatic carbocycles. The number of imidazole rings is 1. The van der Waals surface area contributed by atoms with Crippen molar-refractivity contribution in [3.05, 3.63) is 168 Å². The molecule has 5 rings (SSSR count). The molecule has 0 saturated heterocycles. The lowest BCUT2D eigenvalue weighted by molar-refractivity contribution is 0.896. The predicted octanol–water partition coefficient (Wildman–Crippen LogP) is 6.73. The highest BCUT2D eigenvalue weighted by Crippen LogP contribution is 2.26. The zero-order valence-corrected chi connectivity index (χ0v) is 23.7. The first-order valence-electron chi connectivity index (χ1n) is 13.8. The van der Waals surface area contributed by atoms with E-state index in [1.165, 1.54) is 33.8 Å². The minimum atomic E-state index is -0.271. The maximum Gasteiger partial charge on any atom is 0.241 e. The van der Waals surface area contributed by atoms with Crippen LogP contribution in [0.25, 0.3) is 11.5 Å². The molecule has 0 spiro atoms. The van der Waals surface area contributed by atoms with Crippen LogP contribution >= 0.6 is 0 Å². The van der Waals surface area contributed by atoms with Crippen LogP contribution in [0.5, 0.6) is 0 Å². The molecule has 2 nitrogen and oxygen atoms in total. The molecule has 1 heterocycles. The Kier molecular flexibility index (Phi) is 9.58. The molecule has 0 saturated carbocycles. The summed E-state index contributed by atoms with van der Waals surface area (Å²) >= 11 is 0. The Labute approximate surface area is 235 Å². The Balaban J connectivity index is 1.20. The molecule has 0 atom stereocenters. The van der Waals surface area contributed by atoms with Gasteiger partial charge in [-0.05, 0) is 28.7 Å². The van der Waals surface area contributed by atoms with Gasteiger partial charge in [0, 0.05) is 34.0 Å². The SMILES string of the molecule is [B](C(=Cc1ccccc1)c1ccccc1)c1nccn1C[SiH2]CCC=CC(c1ccccc1)c1ccccc1. The molecule has 39 heavy (non-hydrogen) atoms. The number of hydrogen-bond acceptors (Lipinski definition) is 1. The average Bonchev–Trinajstić information content (AvgIpc) is 3.45. The smallest absolute Gasteiger partial charge is 0.241 e. The molecule has 1 aromatic heterocycles. The first-order chi connectivity index (χ1) is 19.4. The molecule has 0 aliphatic rings. The van der Waals surface area contributed by atoms with E-state index in [4.69, 9.17) is 4.98 Å². The molecule has 191 valence electrons. The molecule has 0 unspecified atom stereocenters. The van der Waals surface area contributed by atoms with Crippen LogP contribution in [0.15, 0.2) is 146 Å². The third-order valence-corrected chi connectivity index (χ3v) is 8.63. The maximum atomic E-state index is 4.70.